The lowest BCUT2D eigenvalue weighted by atomic mass is 10.1. The summed E-state index contributed by atoms with van der Waals surface area (Å²) in [5.74, 6) is 0.210. The zero-order valence-corrected chi connectivity index (χ0v) is 13.2. The zero-order chi connectivity index (χ0) is 15.2. The maximum absolute atomic E-state index is 12.7. The molecule has 0 aromatic heterocycles. The molecule has 1 aromatic rings. The Hall–Kier alpha value is -1.55. The number of hydrogen-bond acceptors (Lipinski definition) is 3. The molecule has 4 heteroatoms. The van der Waals surface area contributed by atoms with E-state index in [0.717, 1.165) is 31.5 Å². The molecule has 2 N–H and O–H groups in total. The lowest BCUT2D eigenvalue weighted by molar-refractivity contribution is -0.132. The number of benzene rings is 1. The summed E-state index contributed by atoms with van der Waals surface area (Å²) in [5, 5.41) is 0. The van der Waals surface area contributed by atoms with Gasteiger partial charge in [-0.1, -0.05) is 31.0 Å². The normalized spacial score (nSPS) is 15.6. The van der Waals surface area contributed by atoms with E-state index in [2.05, 4.69) is 9.80 Å². The third kappa shape index (κ3) is 4.46. The molecule has 21 heavy (non-hydrogen) atoms. The molecule has 0 unspecified atom stereocenters. The lowest BCUT2D eigenvalue weighted by Gasteiger charge is -2.30. The Kier molecular flexibility index (Phi) is 5.62. The molecule has 116 valence electrons. The molecule has 1 fully saturated rings. The van der Waals surface area contributed by atoms with E-state index < -0.39 is 0 Å². The van der Waals surface area contributed by atoms with Crippen LogP contribution in [0.3, 0.4) is 0 Å². The van der Waals surface area contributed by atoms with Crippen LogP contribution in [0.1, 0.15) is 31.2 Å². The molecule has 0 heterocycles. The number of nitrogen functional groups attached to an aromatic ring is 1. The van der Waals surface area contributed by atoms with Gasteiger partial charge >= 0.3 is 0 Å². The van der Waals surface area contributed by atoms with Crippen LogP contribution in [0, 0.1) is 0 Å². The highest BCUT2D eigenvalue weighted by Gasteiger charge is 2.26. The predicted molar refractivity (Wildman–Crippen MR) is 87.1 cm³/mol. The molecule has 1 saturated carbocycles. The average Bonchev–Trinajstić information content (AvgIpc) is 2.95. The first-order valence-electron chi connectivity index (χ1n) is 7.85. The van der Waals surface area contributed by atoms with Crippen LogP contribution in [0.5, 0.6) is 0 Å². The predicted octanol–water partition coefficient (Wildman–Crippen LogP) is 2.14. The van der Waals surface area contributed by atoms with Crippen molar-refractivity contribution in [2.24, 2.45) is 0 Å². The fourth-order valence-electron chi connectivity index (χ4n) is 2.99. The molecule has 0 bridgehead atoms. The number of para-hydroxylation sites is 1. The Balaban J connectivity index is 2.04. The molecule has 2 rings (SSSR count). The number of rotatable bonds is 6. The van der Waals surface area contributed by atoms with Crippen molar-refractivity contribution in [3.8, 4) is 0 Å². The smallest absolute Gasteiger partial charge is 0.227 e. The Morgan fingerprint density at radius 3 is 2.48 bits per heavy atom. The zero-order valence-electron chi connectivity index (χ0n) is 13.2. The molecule has 0 spiro atoms. The summed E-state index contributed by atoms with van der Waals surface area (Å²) < 4.78 is 0. The van der Waals surface area contributed by atoms with Gasteiger partial charge in [-0.25, -0.2) is 0 Å². The molecule has 0 atom stereocenters. The second-order valence-electron chi connectivity index (χ2n) is 6.20. The van der Waals surface area contributed by atoms with Gasteiger partial charge in [-0.15, -0.1) is 0 Å². The summed E-state index contributed by atoms with van der Waals surface area (Å²) in [6.07, 6.45) is 5.18. The van der Waals surface area contributed by atoms with Gasteiger partial charge in [0.05, 0.1) is 6.42 Å². The van der Waals surface area contributed by atoms with E-state index in [0.29, 0.717) is 18.2 Å². The summed E-state index contributed by atoms with van der Waals surface area (Å²) in [6.45, 7) is 1.72. The number of anilines is 1. The Bertz CT molecular complexity index is 467. The molecule has 0 radical (unpaired) electrons. The van der Waals surface area contributed by atoms with Crippen LogP contribution in [-0.4, -0.2) is 48.9 Å². The van der Waals surface area contributed by atoms with Crippen molar-refractivity contribution in [2.75, 3.05) is 32.9 Å². The molecule has 4 nitrogen and oxygen atoms in total. The minimum Gasteiger partial charge on any atom is -0.398 e. The van der Waals surface area contributed by atoms with Gasteiger partial charge in [0.1, 0.15) is 0 Å². The van der Waals surface area contributed by atoms with Crippen LogP contribution in [-0.2, 0) is 11.2 Å². The second-order valence-corrected chi connectivity index (χ2v) is 6.20. The van der Waals surface area contributed by atoms with Gasteiger partial charge in [0.2, 0.25) is 5.91 Å². The van der Waals surface area contributed by atoms with Crippen molar-refractivity contribution in [1.82, 2.24) is 9.80 Å². The molecule has 1 amide bonds. The molecular formula is C17H27N3O. The van der Waals surface area contributed by atoms with E-state index >= 15 is 0 Å². The van der Waals surface area contributed by atoms with Crippen LogP contribution in [0.25, 0.3) is 0 Å². The molecular weight excluding hydrogens is 262 g/mol. The van der Waals surface area contributed by atoms with Gasteiger partial charge in [-0.2, -0.15) is 0 Å². The molecule has 1 aromatic carbocycles. The maximum Gasteiger partial charge on any atom is 0.227 e. The SMILES string of the molecule is CN(C)CCN(C(=O)Cc1ccccc1N)C1CCCC1. The maximum atomic E-state index is 12.7. The first-order valence-corrected chi connectivity index (χ1v) is 7.85. The van der Waals surface area contributed by atoms with Crippen LogP contribution < -0.4 is 5.73 Å². The standard InChI is InChI=1S/C17H27N3O/c1-19(2)11-12-20(15-8-4-5-9-15)17(21)13-14-7-3-6-10-16(14)18/h3,6-7,10,15H,4-5,8-9,11-13,18H2,1-2H3. The molecule has 1 aliphatic carbocycles. The largest absolute Gasteiger partial charge is 0.398 e. The summed E-state index contributed by atoms with van der Waals surface area (Å²) in [4.78, 5) is 16.9. The van der Waals surface area contributed by atoms with E-state index in [1.54, 1.807) is 0 Å². The van der Waals surface area contributed by atoms with Crippen LogP contribution in [0.2, 0.25) is 0 Å². The minimum atomic E-state index is 0.210. The number of carbonyl (C=O) groups is 1. The molecule has 1 aliphatic rings. The molecule has 0 saturated heterocycles. The summed E-state index contributed by atoms with van der Waals surface area (Å²) in [7, 11) is 4.10. The van der Waals surface area contributed by atoms with E-state index in [-0.39, 0.29) is 5.91 Å². The molecule has 0 aliphatic heterocycles. The van der Waals surface area contributed by atoms with Crippen molar-refractivity contribution in [3.63, 3.8) is 0 Å². The van der Waals surface area contributed by atoms with Crippen molar-refractivity contribution in [3.05, 3.63) is 29.8 Å². The van der Waals surface area contributed by atoms with Gasteiger partial charge < -0.3 is 15.5 Å². The van der Waals surface area contributed by atoms with Crippen molar-refractivity contribution in [1.29, 1.82) is 0 Å². The third-order valence-electron chi connectivity index (χ3n) is 4.27. The Labute approximate surface area is 127 Å². The van der Waals surface area contributed by atoms with Gasteiger partial charge in [-0.3, -0.25) is 4.79 Å². The van der Waals surface area contributed by atoms with Gasteiger partial charge in [-0.05, 0) is 38.6 Å². The quantitative estimate of drug-likeness (QED) is 0.816. The van der Waals surface area contributed by atoms with E-state index in [1.165, 1.54) is 12.8 Å². The van der Waals surface area contributed by atoms with Crippen LogP contribution >= 0.6 is 0 Å². The van der Waals surface area contributed by atoms with E-state index in [4.69, 9.17) is 5.73 Å². The fourth-order valence-corrected chi connectivity index (χ4v) is 2.99. The van der Waals surface area contributed by atoms with Crippen molar-refractivity contribution >= 4 is 11.6 Å². The average molecular weight is 289 g/mol. The monoisotopic (exact) mass is 289 g/mol. The third-order valence-corrected chi connectivity index (χ3v) is 4.27. The summed E-state index contributed by atoms with van der Waals surface area (Å²) in [5.41, 5.74) is 7.62. The van der Waals surface area contributed by atoms with Gasteiger partial charge in [0.15, 0.2) is 0 Å². The number of nitrogens with two attached hydrogens (primary N) is 1. The first kappa shape index (κ1) is 15.8. The van der Waals surface area contributed by atoms with Gasteiger partial charge in [0, 0.05) is 24.8 Å². The number of likely N-dealkylation sites (N-methyl/N-ethyl adjacent to an activating group) is 1. The van der Waals surface area contributed by atoms with Crippen molar-refractivity contribution in [2.45, 2.75) is 38.1 Å². The van der Waals surface area contributed by atoms with Gasteiger partial charge in [0.25, 0.3) is 0 Å². The lowest BCUT2D eigenvalue weighted by Crippen LogP contribution is -2.43. The fraction of sp³-hybridized carbons (Fsp3) is 0.588. The number of hydrogen-bond donors (Lipinski definition) is 1. The second kappa shape index (κ2) is 7.46. The van der Waals surface area contributed by atoms with Crippen LogP contribution in [0.4, 0.5) is 5.69 Å². The topological polar surface area (TPSA) is 49.6 Å². The number of carbonyl (C=O) groups excluding carboxylic acids is 1. The Morgan fingerprint density at radius 1 is 1.19 bits per heavy atom. The summed E-state index contributed by atoms with van der Waals surface area (Å²) in [6, 6.07) is 8.08. The Morgan fingerprint density at radius 2 is 1.86 bits per heavy atom. The van der Waals surface area contributed by atoms with E-state index in [1.807, 2.05) is 38.4 Å². The van der Waals surface area contributed by atoms with E-state index in [9.17, 15) is 4.79 Å². The highest BCUT2D eigenvalue weighted by molar-refractivity contribution is 5.80. The van der Waals surface area contributed by atoms with Crippen molar-refractivity contribution < 1.29 is 4.79 Å². The highest BCUT2D eigenvalue weighted by atomic mass is 16.2. The minimum absolute atomic E-state index is 0.210. The first-order chi connectivity index (χ1) is 10.1. The number of nitrogens with zero attached hydrogens (tertiary/aromatic N) is 2. The van der Waals surface area contributed by atoms with Crippen LogP contribution in [0.15, 0.2) is 24.3 Å². The summed E-state index contributed by atoms with van der Waals surface area (Å²) >= 11 is 0. The number of amides is 1. The highest BCUT2D eigenvalue weighted by Crippen LogP contribution is 2.24.